The van der Waals surface area contributed by atoms with Gasteiger partial charge in [-0.3, -0.25) is 0 Å². The van der Waals surface area contributed by atoms with Gasteiger partial charge in [0.15, 0.2) is 0 Å². The third-order valence-electron chi connectivity index (χ3n) is 3.67. The molecule has 126 valence electrons. The first-order chi connectivity index (χ1) is 10.5. The van der Waals surface area contributed by atoms with E-state index >= 15 is 0 Å². The van der Waals surface area contributed by atoms with Gasteiger partial charge in [0.25, 0.3) is 0 Å². The monoisotopic (exact) mass is 308 g/mol. The summed E-state index contributed by atoms with van der Waals surface area (Å²) in [5.41, 5.74) is 2.44. The molecule has 0 bridgehead atoms. The van der Waals surface area contributed by atoms with E-state index in [1.807, 2.05) is 13.8 Å². The molecule has 1 aromatic rings. The van der Waals surface area contributed by atoms with Crippen LogP contribution in [0.15, 0.2) is 24.3 Å². The van der Waals surface area contributed by atoms with Crippen LogP contribution in [0.4, 0.5) is 11.4 Å². The van der Waals surface area contributed by atoms with E-state index in [0.29, 0.717) is 0 Å². The summed E-state index contributed by atoms with van der Waals surface area (Å²) in [5, 5.41) is 0. The van der Waals surface area contributed by atoms with Crippen LogP contribution in [0.1, 0.15) is 27.7 Å². The van der Waals surface area contributed by atoms with Crippen LogP contribution in [0.2, 0.25) is 0 Å². The Hall–Kier alpha value is -1.26. The van der Waals surface area contributed by atoms with Gasteiger partial charge in [-0.2, -0.15) is 0 Å². The maximum Gasteiger partial charge on any atom is 0.0721 e. The number of para-hydroxylation sites is 2. The number of hydrogen-bond donors (Lipinski definition) is 0. The number of likely N-dealkylation sites (N-methyl/N-ethyl adjacent to an activating group) is 2. The van der Waals surface area contributed by atoms with Gasteiger partial charge < -0.3 is 19.3 Å². The first-order valence-corrected chi connectivity index (χ1v) is 8.24. The van der Waals surface area contributed by atoms with E-state index in [-0.39, 0.29) is 12.2 Å². The molecule has 0 aromatic heterocycles. The van der Waals surface area contributed by atoms with Crippen LogP contribution >= 0.6 is 0 Å². The van der Waals surface area contributed by atoms with Crippen molar-refractivity contribution >= 4 is 11.4 Å². The van der Waals surface area contributed by atoms with Gasteiger partial charge in [0, 0.05) is 40.4 Å². The summed E-state index contributed by atoms with van der Waals surface area (Å²) in [4.78, 5) is 4.52. The quantitative estimate of drug-likeness (QED) is 0.661. The lowest BCUT2D eigenvalue weighted by Crippen LogP contribution is -2.33. The SMILES string of the molecule is CCOC(C)CN(C)c1ccccc1N(C)CC(C)OCC. The second kappa shape index (κ2) is 9.70. The summed E-state index contributed by atoms with van der Waals surface area (Å²) in [6, 6.07) is 8.49. The molecule has 0 aliphatic heterocycles. The van der Waals surface area contributed by atoms with Crippen molar-refractivity contribution in [2.75, 3.05) is 50.2 Å². The van der Waals surface area contributed by atoms with Gasteiger partial charge in [0.1, 0.15) is 0 Å². The minimum absolute atomic E-state index is 0.218. The molecule has 1 aromatic carbocycles. The standard InChI is InChI=1S/C18H32N2O2/c1-7-21-15(3)13-19(5)17-11-9-10-12-18(17)20(6)14-16(4)22-8-2/h9-12,15-16H,7-8,13-14H2,1-6H3. The van der Waals surface area contributed by atoms with Gasteiger partial charge in [0.05, 0.1) is 23.6 Å². The van der Waals surface area contributed by atoms with Gasteiger partial charge in [-0.15, -0.1) is 0 Å². The fourth-order valence-electron chi connectivity index (χ4n) is 2.75. The number of rotatable bonds is 10. The fourth-order valence-corrected chi connectivity index (χ4v) is 2.75. The summed E-state index contributed by atoms with van der Waals surface area (Å²) in [6.45, 7) is 11.6. The van der Waals surface area contributed by atoms with Crippen molar-refractivity contribution < 1.29 is 9.47 Å². The molecule has 1 rings (SSSR count). The lowest BCUT2D eigenvalue weighted by Gasteiger charge is -2.30. The molecule has 0 amide bonds. The molecule has 2 unspecified atom stereocenters. The molecular formula is C18H32N2O2. The normalized spacial score (nSPS) is 13.7. The van der Waals surface area contributed by atoms with E-state index in [1.54, 1.807) is 0 Å². The van der Waals surface area contributed by atoms with Gasteiger partial charge in [-0.05, 0) is 39.8 Å². The van der Waals surface area contributed by atoms with Crippen molar-refractivity contribution in [1.29, 1.82) is 0 Å². The van der Waals surface area contributed by atoms with Crippen LogP contribution < -0.4 is 9.80 Å². The smallest absolute Gasteiger partial charge is 0.0721 e. The van der Waals surface area contributed by atoms with Crippen molar-refractivity contribution in [1.82, 2.24) is 0 Å². The molecule has 0 aliphatic rings. The molecule has 0 saturated carbocycles. The highest BCUT2D eigenvalue weighted by molar-refractivity contribution is 5.70. The van der Waals surface area contributed by atoms with Crippen molar-refractivity contribution in [3.05, 3.63) is 24.3 Å². The number of benzene rings is 1. The molecule has 4 heteroatoms. The zero-order valence-corrected chi connectivity index (χ0v) is 15.0. The lowest BCUT2D eigenvalue weighted by molar-refractivity contribution is 0.0810. The predicted molar refractivity (Wildman–Crippen MR) is 95.2 cm³/mol. The first kappa shape index (κ1) is 18.8. The third kappa shape index (κ3) is 5.85. The summed E-state index contributed by atoms with van der Waals surface area (Å²) in [7, 11) is 4.24. The topological polar surface area (TPSA) is 24.9 Å². The zero-order valence-electron chi connectivity index (χ0n) is 15.0. The minimum atomic E-state index is 0.218. The molecule has 22 heavy (non-hydrogen) atoms. The molecule has 0 spiro atoms. The number of anilines is 2. The first-order valence-electron chi connectivity index (χ1n) is 8.24. The Morgan fingerprint density at radius 2 is 1.18 bits per heavy atom. The van der Waals surface area contributed by atoms with Crippen LogP contribution in [-0.2, 0) is 9.47 Å². The Morgan fingerprint density at radius 1 is 0.818 bits per heavy atom. The molecule has 4 nitrogen and oxygen atoms in total. The molecule has 0 fully saturated rings. The second-order valence-corrected chi connectivity index (χ2v) is 5.78. The van der Waals surface area contributed by atoms with Gasteiger partial charge in [-0.1, -0.05) is 12.1 Å². The van der Waals surface area contributed by atoms with E-state index in [0.717, 1.165) is 26.3 Å². The predicted octanol–water partition coefficient (Wildman–Crippen LogP) is 3.41. The average molecular weight is 308 g/mol. The Labute approximate surface area is 136 Å². The van der Waals surface area contributed by atoms with Crippen LogP contribution in [0.25, 0.3) is 0 Å². The highest BCUT2D eigenvalue weighted by Crippen LogP contribution is 2.28. The summed E-state index contributed by atoms with van der Waals surface area (Å²) in [5.74, 6) is 0. The average Bonchev–Trinajstić information content (AvgIpc) is 2.47. The van der Waals surface area contributed by atoms with E-state index < -0.39 is 0 Å². The molecule has 0 N–H and O–H groups in total. The van der Waals surface area contributed by atoms with Gasteiger partial charge >= 0.3 is 0 Å². The molecule has 0 aliphatic carbocycles. The Balaban J connectivity index is 2.79. The van der Waals surface area contributed by atoms with Crippen molar-refractivity contribution in [3.8, 4) is 0 Å². The van der Waals surface area contributed by atoms with Crippen molar-refractivity contribution in [2.45, 2.75) is 39.9 Å². The largest absolute Gasteiger partial charge is 0.377 e. The van der Waals surface area contributed by atoms with Crippen molar-refractivity contribution in [3.63, 3.8) is 0 Å². The summed E-state index contributed by atoms with van der Waals surface area (Å²) >= 11 is 0. The van der Waals surface area contributed by atoms with E-state index in [2.05, 4.69) is 62.0 Å². The number of nitrogens with zero attached hydrogens (tertiary/aromatic N) is 2. The van der Waals surface area contributed by atoms with E-state index in [9.17, 15) is 0 Å². The van der Waals surface area contributed by atoms with Crippen LogP contribution in [0.3, 0.4) is 0 Å². The fraction of sp³-hybridized carbons (Fsp3) is 0.667. The summed E-state index contributed by atoms with van der Waals surface area (Å²) in [6.07, 6.45) is 0.437. The number of hydrogen-bond acceptors (Lipinski definition) is 4. The molecule has 0 radical (unpaired) electrons. The van der Waals surface area contributed by atoms with Gasteiger partial charge in [-0.25, -0.2) is 0 Å². The molecule has 0 heterocycles. The maximum absolute atomic E-state index is 5.66. The van der Waals surface area contributed by atoms with Crippen LogP contribution in [0.5, 0.6) is 0 Å². The second-order valence-electron chi connectivity index (χ2n) is 5.78. The molecular weight excluding hydrogens is 276 g/mol. The lowest BCUT2D eigenvalue weighted by atomic mass is 10.2. The third-order valence-corrected chi connectivity index (χ3v) is 3.67. The van der Waals surface area contributed by atoms with E-state index in [1.165, 1.54) is 11.4 Å². The minimum Gasteiger partial charge on any atom is -0.377 e. The summed E-state index contributed by atoms with van der Waals surface area (Å²) < 4.78 is 11.3. The molecule has 2 atom stereocenters. The maximum atomic E-state index is 5.66. The number of ether oxygens (including phenoxy) is 2. The zero-order chi connectivity index (χ0) is 16.5. The van der Waals surface area contributed by atoms with Crippen LogP contribution in [-0.4, -0.2) is 52.6 Å². The Kier molecular flexibility index (Phi) is 8.28. The molecule has 0 saturated heterocycles. The Bertz CT molecular complexity index is 386. The van der Waals surface area contributed by atoms with Gasteiger partial charge in [0.2, 0.25) is 0 Å². The van der Waals surface area contributed by atoms with Crippen molar-refractivity contribution in [2.24, 2.45) is 0 Å². The van der Waals surface area contributed by atoms with E-state index in [4.69, 9.17) is 9.47 Å². The Morgan fingerprint density at radius 3 is 1.50 bits per heavy atom. The highest BCUT2D eigenvalue weighted by Gasteiger charge is 2.15. The van der Waals surface area contributed by atoms with Crippen LogP contribution in [0, 0.1) is 0 Å². The highest BCUT2D eigenvalue weighted by atomic mass is 16.5.